The summed E-state index contributed by atoms with van der Waals surface area (Å²) in [6.45, 7) is 1.62. The summed E-state index contributed by atoms with van der Waals surface area (Å²) >= 11 is 0. The standard InChI is InChI=1S/C18H17F4N3O3/c1-8-13-10(6-9-2-4-25(5-3-9)17(27)28)12(19)7-11(16(23)26)14(13)24-15(8)18(20,21)22/h6-7,24H,2-5H2,1H3,(H2,23,26)(H,27,28). The molecule has 0 bridgehead atoms. The number of alkyl halides is 3. The number of benzene rings is 1. The van der Waals surface area contributed by atoms with Gasteiger partial charge < -0.3 is 20.7 Å². The molecule has 1 aromatic carbocycles. The van der Waals surface area contributed by atoms with E-state index in [2.05, 4.69) is 4.98 Å². The molecule has 2 aromatic rings. The molecule has 2 heterocycles. The van der Waals surface area contributed by atoms with Crippen molar-refractivity contribution >= 4 is 29.0 Å². The molecule has 2 amide bonds. The topological polar surface area (TPSA) is 99.4 Å². The van der Waals surface area contributed by atoms with Gasteiger partial charge in [0.15, 0.2) is 0 Å². The first kappa shape index (κ1) is 19.7. The van der Waals surface area contributed by atoms with Crippen LogP contribution in [-0.2, 0) is 6.18 Å². The van der Waals surface area contributed by atoms with Crippen LogP contribution in [0.2, 0.25) is 0 Å². The number of aromatic amines is 1. The van der Waals surface area contributed by atoms with Gasteiger partial charge in [0.25, 0.3) is 5.91 Å². The second-order valence-corrected chi connectivity index (χ2v) is 6.63. The zero-order valence-corrected chi connectivity index (χ0v) is 14.8. The summed E-state index contributed by atoms with van der Waals surface area (Å²) in [4.78, 5) is 26.0. The molecule has 6 nitrogen and oxygen atoms in total. The van der Waals surface area contributed by atoms with Gasteiger partial charge >= 0.3 is 12.3 Å². The van der Waals surface area contributed by atoms with Crippen LogP contribution < -0.4 is 5.73 Å². The number of hydrogen-bond acceptors (Lipinski definition) is 2. The number of carbonyl (C=O) groups is 2. The summed E-state index contributed by atoms with van der Waals surface area (Å²) < 4.78 is 54.7. The van der Waals surface area contributed by atoms with Crippen molar-refractivity contribution in [1.29, 1.82) is 0 Å². The van der Waals surface area contributed by atoms with Crippen molar-refractivity contribution < 1.29 is 32.3 Å². The summed E-state index contributed by atoms with van der Waals surface area (Å²) in [7, 11) is 0. The molecule has 150 valence electrons. The van der Waals surface area contributed by atoms with Crippen LogP contribution in [0.15, 0.2) is 11.6 Å². The number of nitrogens with two attached hydrogens (primary N) is 1. The number of piperidine rings is 1. The number of primary amides is 1. The van der Waals surface area contributed by atoms with Gasteiger partial charge in [-0.05, 0) is 31.4 Å². The van der Waals surface area contributed by atoms with E-state index in [0.717, 1.165) is 6.07 Å². The quantitative estimate of drug-likeness (QED) is 0.668. The molecule has 4 N–H and O–H groups in total. The number of likely N-dealkylation sites (tertiary alicyclic amines) is 1. The highest BCUT2D eigenvalue weighted by molar-refractivity contribution is 6.08. The number of fused-ring (bicyclic) bond motifs is 1. The third-order valence-corrected chi connectivity index (χ3v) is 4.89. The van der Waals surface area contributed by atoms with Crippen molar-refractivity contribution in [2.75, 3.05) is 13.1 Å². The summed E-state index contributed by atoms with van der Waals surface area (Å²) in [5.74, 6) is -1.92. The maximum atomic E-state index is 14.7. The van der Waals surface area contributed by atoms with Gasteiger partial charge in [0.05, 0.1) is 11.1 Å². The van der Waals surface area contributed by atoms with Crippen molar-refractivity contribution in [3.63, 3.8) is 0 Å². The average Bonchev–Trinajstić information content (AvgIpc) is 2.95. The molecule has 28 heavy (non-hydrogen) atoms. The highest BCUT2D eigenvalue weighted by Crippen LogP contribution is 2.39. The Hall–Kier alpha value is -3.04. The number of halogens is 4. The Morgan fingerprint density at radius 1 is 1.29 bits per heavy atom. The van der Waals surface area contributed by atoms with E-state index in [-0.39, 0.29) is 40.7 Å². The van der Waals surface area contributed by atoms with E-state index in [9.17, 15) is 27.2 Å². The molecule has 0 unspecified atom stereocenters. The predicted molar refractivity (Wildman–Crippen MR) is 93.3 cm³/mol. The minimum atomic E-state index is -4.72. The van der Waals surface area contributed by atoms with Gasteiger partial charge in [0.1, 0.15) is 11.5 Å². The highest BCUT2D eigenvalue weighted by Gasteiger charge is 2.36. The van der Waals surface area contributed by atoms with Crippen LogP contribution >= 0.6 is 0 Å². The van der Waals surface area contributed by atoms with Crippen LogP contribution in [0.25, 0.3) is 17.0 Å². The van der Waals surface area contributed by atoms with E-state index in [1.54, 1.807) is 0 Å². The van der Waals surface area contributed by atoms with Crippen LogP contribution in [0.1, 0.15) is 40.0 Å². The second kappa shape index (κ2) is 6.84. The monoisotopic (exact) mass is 399 g/mol. The average molecular weight is 399 g/mol. The highest BCUT2D eigenvalue weighted by atomic mass is 19.4. The number of amides is 2. The van der Waals surface area contributed by atoms with E-state index in [1.165, 1.54) is 17.9 Å². The summed E-state index contributed by atoms with van der Waals surface area (Å²) in [6.07, 6.45) is -3.68. The molecule has 0 spiro atoms. The smallest absolute Gasteiger partial charge is 0.431 e. The number of carbonyl (C=O) groups excluding carboxylic acids is 1. The van der Waals surface area contributed by atoms with Crippen molar-refractivity contribution in [2.24, 2.45) is 5.73 Å². The molecule has 1 aromatic heterocycles. The largest absolute Gasteiger partial charge is 0.465 e. The third kappa shape index (κ3) is 3.41. The van der Waals surface area contributed by atoms with Crippen LogP contribution in [-0.4, -0.2) is 40.1 Å². The summed E-state index contributed by atoms with van der Waals surface area (Å²) in [6, 6.07) is 0.819. The molecule has 0 saturated carbocycles. The first-order chi connectivity index (χ1) is 13.0. The van der Waals surface area contributed by atoms with E-state index >= 15 is 0 Å². The Kier molecular flexibility index (Phi) is 4.82. The van der Waals surface area contributed by atoms with Gasteiger partial charge in [-0.25, -0.2) is 9.18 Å². The molecule has 1 aliphatic rings. The lowest BCUT2D eigenvalue weighted by atomic mass is 9.96. The number of H-pyrrole nitrogens is 1. The Morgan fingerprint density at radius 2 is 1.89 bits per heavy atom. The minimum Gasteiger partial charge on any atom is -0.465 e. The Bertz CT molecular complexity index is 998. The van der Waals surface area contributed by atoms with Crippen molar-refractivity contribution in [3.05, 3.63) is 39.8 Å². The Balaban J connectivity index is 2.18. The van der Waals surface area contributed by atoms with Crippen LogP contribution in [0, 0.1) is 12.7 Å². The summed E-state index contributed by atoms with van der Waals surface area (Å²) in [5.41, 5.74) is 3.99. The number of rotatable bonds is 2. The first-order valence-electron chi connectivity index (χ1n) is 8.39. The van der Waals surface area contributed by atoms with Crippen molar-refractivity contribution in [2.45, 2.75) is 25.9 Å². The van der Waals surface area contributed by atoms with E-state index in [0.29, 0.717) is 18.4 Å². The number of carboxylic acid groups (broad SMARTS) is 1. The molecule has 0 atom stereocenters. The SMILES string of the molecule is Cc1c(C(F)(F)F)[nH]c2c(C(N)=O)cc(F)c(C=C3CCN(C(=O)O)CC3)c12. The van der Waals surface area contributed by atoms with Crippen LogP contribution in [0.3, 0.4) is 0 Å². The van der Waals surface area contributed by atoms with E-state index in [4.69, 9.17) is 10.8 Å². The lowest BCUT2D eigenvalue weighted by Gasteiger charge is -2.25. The first-order valence-corrected chi connectivity index (χ1v) is 8.39. The minimum absolute atomic E-state index is 0.0608. The zero-order chi connectivity index (χ0) is 20.8. The maximum absolute atomic E-state index is 14.7. The molecule has 1 aliphatic heterocycles. The van der Waals surface area contributed by atoms with Gasteiger partial charge in [-0.2, -0.15) is 13.2 Å². The lowest BCUT2D eigenvalue weighted by Crippen LogP contribution is -2.35. The van der Waals surface area contributed by atoms with Crippen LogP contribution in [0.5, 0.6) is 0 Å². The van der Waals surface area contributed by atoms with E-state index in [1.807, 2.05) is 0 Å². The fraction of sp³-hybridized carbons (Fsp3) is 0.333. The van der Waals surface area contributed by atoms with E-state index < -0.39 is 29.7 Å². The number of hydrogen-bond donors (Lipinski definition) is 3. The van der Waals surface area contributed by atoms with Crippen molar-refractivity contribution in [3.8, 4) is 0 Å². The number of nitrogens with zero attached hydrogens (tertiary/aromatic N) is 1. The van der Waals surface area contributed by atoms with Crippen LogP contribution in [0.4, 0.5) is 22.4 Å². The maximum Gasteiger partial charge on any atom is 0.431 e. The Labute approximate surface area is 156 Å². The lowest BCUT2D eigenvalue weighted by molar-refractivity contribution is -0.141. The second-order valence-electron chi connectivity index (χ2n) is 6.63. The van der Waals surface area contributed by atoms with Gasteiger partial charge in [0, 0.05) is 24.0 Å². The molecule has 0 radical (unpaired) electrons. The molecule has 10 heteroatoms. The van der Waals surface area contributed by atoms with Gasteiger partial charge in [-0.3, -0.25) is 4.79 Å². The number of aryl methyl sites for hydroxylation is 1. The number of nitrogens with one attached hydrogen (secondary N) is 1. The van der Waals surface area contributed by atoms with Crippen molar-refractivity contribution in [1.82, 2.24) is 9.88 Å². The summed E-state index contributed by atoms with van der Waals surface area (Å²) in [5, 5.41) is 8.93. The van der Waals surface area contributed by atoms with Gasteiger partial charge in [0.2, 0.25) is 0 Å². The Morgan fingerprint density at radius 3 is 2.39 bits per heavy atom. The van der Waals surface area contributed by atoms with Gasteiger partial charge in [-0.15, -0.1) is 0 Å². The predicted octanol–water partition coefficient (Wildman–Crippen LogP) is 3.89. The molecule has 1 fully saturated rings. The third-order valence-electron chi connectivity index (χ3n) is 4.89. The molecule has 3 rings (SSSR count). The molecule has 0 aliphatic carbocycles. The molecule has 1 saturated heterocycles. The fourth-order valence-corrected chi connectivity index (χ4v) is 3.48. The fourth-order valence-electron chi connectivity index (χ4n) is 3.48. The molecular weight excluding hydrogens is 382 g/mol. The number of aromatic nitrogens is 1. The van der Waals surface area contributed by atoms with Gasteiger partial charge in [-0.1, -0.05) is 11.6 Å². The zero-order valence-electron chi connectivity index (χ0n) is 14.8. The normalized spacial score (nSPS) is 15.2. The molecular formula is C18H17F4N3O3.